The van der Waals surface area contributed by atoms with E-state index in [1.807, 2.05) is 6.92 Å². The Morgan fingerprint density at radius 1 is 0.917 bits per heavy atom. The van der Waals surface area contributed by atoms with Crippen molar-refractivity contribution in [2.45, 2.75) is 21.3 Å². The first-order chi connectivity index (χ1) is 10.2. The molecule has 2 aromatic rings. The molecule has 0 unspecified atom stereocenters. The molecule has 2 rings (SSSR count). The van der Waals surface area contributed by atoms with E-state index in [0.717, 1.165) is 11.1 Å². The van der Waals surface area contributed by atoms with Gasteiger partial charge in [0.25, 0.3) is 5.91 Å². The van der Waals surface area contributed by atoms with Gasteiger partial charge >= 0.3 is 5.97 Å². The van der Waals surface area contributed by atoms with Gasteiger partial charge in [-0.15, -0.1) is 12.4 Å². The van der Waals surface area contributed by atoms with E-state index < -0.39 is 11.9 Å². The van der Waals surface area contributed by atoms with Crippen LogP contribution in [0.3, 0.4) is 0 Å². The molecule has 0 saturated heterocycles. The number of hydrogen-bond acceptors (Lipinski definition) is 6. The van der Waals surface area contributed by atoms with Gasteiger partial charge < -0.3 is 22.3 Å². The summed E-state index contributed by atoms with van der Waals surface area (Å²) in [6.45, 7) is 3.58. The number of carbonyl (C=O) groups is 2. The number of amides is 1. The fraction of sp³-hybridized carbons (Fsp3) is 0.200. The molecule has 0 aliphatic heterocycles. The van der Waals surface area contributed by atoms with Gasteiger partial charge in [-0.25, -0.2) is 14.8 Å². The lowest BCUT2D eigenvalue weighted by molar-refractivity contribution is 0.0690. The first kappa shape index (κ1) is 23.4. The predicted molar refractivity (Wildman–Crippen MR) is 96.2 cm³/mol. The van der Waals surface area contributed by atoms with Crippen molar-refractivity contribution in [1.82, 2.24) is 9.97 Å². The van der Waals surface area contributed by atoms with Gasteiger partial charge in [0.2, 0.25) is 0 Å². The van der Waals surface area contributed by atoms with Crippen molar-refractivity contribution in [2.75, 3.05) is 11.5 Å². The summed E-state index contributed by atoms with van der Waals surface area (Å²) in [4.78, 5) is 28.3. The van der Waals surface area contributed by atoms with E-state index in [9.17, 15) is 9.59 Å². The number of hydrogen-bond donors (Lipinski definition) is 4. The Balaban J connectivity index is 0. The van der Waals surface area contributed by atoms with Gasteiger partial charge in [-0.1, -0.05) is 19.6 Å². The van der Waals surface area contributed by atoms with Crippen molar-refractivity contribution in [3.05, 3.63) is 46.8 Å². The van der Waals surface area contributed by atoms with Crippen molar-refractivity contribution in [3.63, 3.8) is 0 Å². The molecule has 0 aliphatic rings. The molecule has 0 radical (unpaired) electrons. The summed E-state index contributed by atoms with van der Waals surface area (Å²) in [5.74, 6) is -1.00. The standard InChI is InChI=1S/C7H9N3O.C7H8N2O2.CH4.ClH/c1-4-2-3-5(7(9)11)10-6(4)8;1-4-2-3-5(7(10)11)9-6(4)8;;/h2-3H,1H3,(H2,8,10)(H2,9,11);2-3H,1H3,(H2,8,9)(H,10,11);1H4;1H. The number of primary amides is 1. The van der Waals surface area contributed by atoms with E-state index in [1.165, 1.54) is 6.07 Å². The fourth-order valence-electron chi connectivity index (χ4n) is 1.35. The summed E-state index contributed by atoms with van der Waals surface area (Å²) in [5.41, 5.74) is 17.6. The van der Waals surface area contributed by atoms with Crippen molar-refractivity contribution < 1.29 is 14.7 Å². The molecular weight excluding hydrogens is 334 g/mol. The van der Waals surface area contributed by atoms with E-state index in [2.05, 4.69) is 9.97 Å². The molecule has 2 aromatic heterocycles. The second-order valence-electron chi connectivity index (χ2n) is 4.47. The number of rotatable bonds is 2. The Bertz CT molecular complexity index is 661. The maximum atomic E-state index is 10.6. The Morgan fingerprint density at radius 2 is 1.29 bits per heavy atom. The zero-order valence-electron chi connectivity index (χ0n) is 12.6. The van der Waals surface area contributed by atoms with Gasteiger partial charge in [0.05, 0.1) is 0 Å². The van der Waals surface area contributed by atoms with Gasteiger partial charge in [0.1, 0.15) is 17.3 Å². The lowest BCUT2D eigenvalue weighted by Gasteiger charge is -1.99. The van der Waals surface area contributed by atoms with Crippen LogP contribution < -0.4 is 17.2 Å². The molecule has 0 aromatic carbocycles. The van der Waals surface area contributed by atoms with Crippen molar-refractivity contribution in [3.8, 4) is 0 Å². The van der Waals surface area contributed by atoms with Crippen LogP contribution >= 0.6 is 12.4 Å². The minimum Gasteiger partial charge on any atom is -0.477 e. The van der Waals surface area contributed by atoms with Crippen LogP contribution in [-0.4, -0.2) is 27.0 Å². The third kappa shape index (κ3) is 6.49. The zero-order valence-corrected chi connectivity index (χ0v) is 13.4. The highest BCUT2D eigenvalue weighted by atomic mass is 35.5. The highest BCUT2D eigenvalue weighted by molar-refractivity contribution is 5.91. The number of nitrogens with zero attached hydrogens (tertiary/aromatic N) is 2. The number of anilines is 2. The van der Waals surface area contributed by atoms with E-state index in [0.29, 0.717) is 5.82 Å². The highest BCUT2D eigenvalue weighted by Crippen LogP contribution is 2.07. The van der Waals surface area contributed by atoms with Gasteiger partial charge in [0, 0.05) is 0 Å². The van der Waals surface area contributed by atoms with Gasteiger partial charge in [0.15, 0.2) is 5.69 Å². The van der Waals surface area contributed by atoms with Gasteiger partial charge in [-0.3, -0.25) is 4.79 Å². The molecule has 24 heavy (non-hydrogen) atoms. The maximum Gasteiger partial charge on any atom is 0.354 e. The zero-order chi connectivity index (χ0) is 16.9. The molecule has 2 heterocycles. The molecule has 8 nitrogen and oxygen atoms in total. The van der Waals surface area contributed by atoms with Crippen LogP contribution in [-0.2, 0) is 0 Å². The molecule has 9 heteroatoms. The number of aromatic carboxylic acids is 1. The first-order valence-corrected chi connectivity index (χ1v) is 6.21. The third-order valence-corrected chi connectivity index (χ3v) is 2.74. The van der Waals surface area contributed by atoms with E-state index in [-0.39, 0.29) is 37.0 Å². The van der Waals surface area contributed by atoms with Crippen molar-refractivity contribution >= 4 is 35.9 Å². The van der Waals surface area contributed by atoms with Crippen LogP contribution in [0.2, 0.25) is 0 Å². The molecule has 0 bridgehead atoms. The van der Waals surface area contributed by atoms with Crippen molar-refractivity contribution in [2.24, 2.45) is 5.73 Å². The number of halogens is 1. The molecule has 0 spiro atoms. The third-order valence-electron chi connectivity index (χ3n) is 2.74. The molecule has 0 atom stereocenters. The van der Waals surface area contributed by atoms with Crippen LogP contribution in [0.5, 0.6) is 0 Å². The second kappa shape index (κ2) is 10.0. The number of carbonyl (C=O) groups excluding carboxylic acids is 1. The largest absolute Gasteiger partial charge is 0.477 e. The summed E-state index contributed by atoms with van der Waals surface area (Å²) >= 11 is 0. The van der Waals surface area contributed by atoms with Crippen LogP contribution in [0.4, 0.5) is 11.6 Å². The average molecular weight is 356 g/mol. The summed E-state index contributed by atoms with van der Waals surface area (Å²) in [5, 5.41) is 8.48. The first-order valence-electron chi connectivity index (χ1n) is 6.21. The molecular formula is C15H22ClN5O3. The highest BCUT2D eigenvalue weighted by Gasteiger charge is 2.04. The summed E-state index contributed by atoms with van der Waals surface area (Å²) in [6.07, 6.45) is 0. The Labute approximate surface area is 146 Å². The Hall–Kier alpha value is -2.87. The molecule has 1 amide bonds. The van der Waals surface area contributed by atoms with E-state index in [1.54, 1.807) is 25.1 Å². The molecule has 0 saturated carbocycles. The number of carboxylic acids is 1. The number of aryl methyl sites for hydroxylation is 2. The molecule has 0 aliphatic carbocycles. The molecule has 132 valence electrons. The summed E-state index contributed by atoms with van der Waals surface area (Å²) in [6, 6.07) is 6.32. The summed E-state index contributed by atoms with van der Waals surface area (Å²) in [7, 11) is 0. The minimum absolute atomic E-state index is 0. The molecule has 0 fully saturated rings. The van der Waals surface area contributed by atoms with Crippen LogP contribution in [0.15, 0.2) is 24.3 Å². The fourth-order valence-corrected chi connectivity index (χ4v) is 1.35. The van der Waals surface area contributed by atoms with Crippen molar-refractivity contribution in [1.29, 1.82) is 0 Å². The minimum atomic E-state index is -1.06. The SMILES string of the molecule is C.Cc1ccc(C(=O)O)nc1N.Cc1ccc(C(N)=O)nc1N.Cl. The molecule has 7 N–H and O–H groups in total. The van der Waals surface area contributed by atoms with Gasteiger partial charge in [-0.2, -0.15) is 0 Å². The van der Waals surface area contributed by atoms with Gasteiger partial charge in [-0.05, 0) is 37.1 Å². The lowest BCUT2D eigenvalue weighted by Crippen LogP contribution is -2.14. The lowest BCUT2D eigenvalue weighted by atomic mass is 10.2. The number of pyridine rings is 2. The smallest absolute Gasteiger partial charge is 0.354 e. The van der Waals surface area contributed by atoms with E-state index >= 15 is 0 Å². The number of carboxylic acid groups (broad SMARTS) is 1. The topological polar surface area (TPSA) is 158 Å². The second-order valence-corrected chi connectivity index (χ2v) is 4.47. The normalized spacial score (nSPS) is 8.75. The quantitative estimate of drug-likeness (QED) is 0.639. The Morgan fingerprint density at radius 3 is 1.62 bits per heavy atom. The average Bonchev–Trinajstić information content (AvgIpc) is 2.45. The van der Waals surface area contributed by atoms with E-state index in [4.69, 9.17) is 22.3 Å². The monoisotopic (exact) mass is 355 g/mol. The maximum absolute atomic E-state index is 10.6. The van der Waals surface area contributed by atoms with Crippen LogP contribution in [0, 0.1) is 13.8 Å². The summed E-state index contributed by atoms with van der Waals surface area (Å²) < 4.78 is 0. The van der Waals surface area contributed by atoms with Crippen LogP contribution in [0.25, 0.3) is 0 Å². The number of nitrogen functional groups attached to an aromatic ring is 2. The Kier molecular flexibility index (Phi) is 9.76. The predicted octanol–water partition coefficient (Wildman–Crippen LogP) is 1.80. The number of nitrogens with two attached hydrogens (primary N) is 3. The van der Waals surface area contributed by atoms with Crippen LogP contribution in [0.1, 0.15) is 39.5 Å². The number of aromatic nitrogens is 2.